The van der Waals surface area contributed by atoms with E-state index >= 15 is 0 Å². The van der Waals surface area contributed by atoms with E-state index in [0.717, 1.165) is 11.3 Å². The van der Waals surface area contributed by atoms with Gasteiger partial charge >= 0.3 is 6.03 Å². The van der Waals surface area contributed by atoms with E-state index in [4.69, 9.17) is 4.52 Å². The number of nitro benzene ring substituents is 1. The van der Waals surface area contributed by atoms with Crippen LogP contribution in [-0.4, -0.2) is 16.1 Å². The maximum atomic E-state index is 12.1. The van der Waals surface area contributed by atoms with E-state index in [0.29, 0.717) is 5.76 Å². The van der Waals surface area contributed by atoms with Crippen molar-refractivity contribution in [3.8, 4) is 0 Å². The molecule has 8 heteroatoms. The van der Waals surface area contributed by atoms with Crippen LogP contribution in [0.5, 0.6) is 0 Å². The Morgan fingerprint density at radius 3 is 2.48 bits per heavy atom. The largest absolute Gasteiger partial charge is 0.359 e. The van der Waals surface area contributed by atoms with Gasteiger partial charge in [0.15, 0.2) is 5.76 Å². The topological polar surface area (TPSA) is 110 Å². The zero-order chi connectivity index (χ0) is 18.6. The van der Waals surface area contributed by atoms with Crippen LogP contribution in [0.15, 0.2) is 34.9 Å². The number of hydrogen-bond acceptors (Lipinski definition) is 5. The van der Waals surface area contributed by atoms with Crippen LogP contribution >= 0.6 is 0 Å². The van der Waals surface area contributed by atoms with E-state index < -0.39 is 10.5 Å². The third kappa shape index (κ3) is 4.79. The van der Waals surface area contributed by atoms with Crippen molar-refractivity contribution in [1.29, 1.82) is 0 Å². The van der Waals surface area contributed by atoms with Crippen LogP contribution in [0.1, 0.15) is 50.6 Å². The van der Waals surface area contributed by atoms with Crippen molar-refractivity contribution in [1.82, 2.24) is 15.8 Å². The minimum atomic E-state index is -0.691. The Morgan fingerprint density at radius 1 is 1.32 bits per heavy atom. The summed E-state index contributed by atoms with van der Waals surface area (Å²) in [7, 11) is 0. The highest BCUT2D eigenvalue weighted by Gasteiger charge is 2.23. The van der Waals surface area contributed by atoms with Crippen molar-refractivity contribution in [3.05, 3.63) is 57.5 Å². The third-order valence-corrected chi connectivity index (χ3v) is 3.82. The lowest BCUT2D eigenvalue weighted by atomic mass is 9.94. The highest BCUT2D eigenvalue weighted by atomic mass is 16.6. The number of aromatic nitrogens is 1. The summed E-state index contributed by atoms with van der Waals surface area (Å²) < 4.78 is 5.17. The molecule has 0 aliphatic heterocycles. The molecule has 0 atom stereocenters. The number of rotatable bonds is 6. The third-order valence-electron chi connectivity index (χ3n) is 3.82. The van der Waals surface area contributed by atoms with Crippen LogP contribution in [0.4, 0.5) is 10.5 Å². The van der Waals surface area contributed by atoms with Gasteiger partial charge in [-0.3, -0.25) is 10.1 Å². The molecular formula is C17H22N4O4. The standard InChI is InChI=1S/C17H22N4O4/c1-11(2)15-9-14(25-20-15)10-18-16(22)19-17(3,4)12-5-7-13(8-6-12)21(23)24/h5-9,11H,10H2,1-4H3,(H2,18,19,22). The maximum Gasteiger partial charge on any atom is 0.315 e. The molecule has 0 saturated heterocycles. The molecule has 2 amide bonds. The summed E-state index contributed by atoms with van der Waals surface area (Å²) in [4.78, 5) is 22.4. The molecule has 0 aliphatic carbocycles. The van der Waals surface area contributed by atoms with Gasteiger partial charge in [-0.25, -0.2) is 4.79 Å². The Bertz CT molecular complexity index is 750. The molecule has 2 N–H and O–H groups in total. The number of nitrogens with one attached hydrogen (secondary N) is 2. The fourth-order valence-electron chi connectivity index (χ4n) is 2.25. The van der Waals surface area contributed by atoms with Gasteiger partial charge in [0.1, 0.15) is 0 Å². The van der Waals surface area contributed by atoms with Gasteiger partial charge in [0, 0.05) is 18.2 Å². The molecule has 134 valence electrons. The van der Waals surface area contributed by atoms with Crippen molar-refractivity contribution >= 4 is 11.7 Å². The Kier molecular flexibility index (Phi) is 5.41. The van der Waals surface area contributed by atoms with Gasteiger partial charge in [-0.1, -0.05) is 19.0 Å². The van der Waals surface area contributed by atoms with Crippen LogP contribution < -0.4 is 10.6 Å². The summed E-state index contributed by atoms with van der Waals surface area (Å²) in [6.45, 7) is 7.88. The van der Waals surface area contributed by atoms with Crippen LogP contribution in [0.3, 0.4) is 0 Å². The number of hydrogen-bond donors (Lipinski definition) is 2. The number of carbonyl (C=O) groups excluding carboxylic acids is 1. The van der Waals surface area contributed by atoms with Gasteiger partial charge in [0.05, 0.1) is 22.7 Å². The Hall–Kier alpha value is -2.90. The molecule has 0 saturated carbocycles. The SMILES string of the molecule is CC(C)c1cc(CNC(=O)NC(C)(C)c2ccc([N+](=O)[O-])cc2)on1. The molecule has 8 nitrogen and oxygen atoms in total. The molecule has 2 aromatic rings. The van der Waals surface area contributed by atoms with Crippen LogP contribution in [0, 0.1) is 10.1 Å². The zero-order valence-electron chi connectivity index (χ0n) is 14.7. The van der Waals surface area contributed by atoms with Gasteiger partial charge in [0.25, 0.3) is 5.69 Å². The molecule has 25 heavy (non-hydrogen) atoms. The summed E-state index contributed by atoms with van der Waals surface area (Å²) in [6.07, 6.45) is 0. The first-order valence-corrected chi connectivity index (χ1v) is 7.95. The van der Waals surface area contributed by atoms with Crippen molar-refractivity contribution in [2.75, 3.05) is 0 Å². The molecule has 0 bridgehead atoms. The second kappa shape index (κ2) is 7.33. The predicted octanol–water partition coefficient (Wildman–Crippen LogP) is 3.44. The molecule has 0 unspecified atom stereocenters. The first kappa shape index (κ1) is 18.4. The minimum absolute atomic E-state index is 0.00952. The Morgan fingerprint density at radius 2 is 1.96 bits per heavy atom. The molecule has 0 spiro atoms. The fourth-order valence-corrected chi connectivity index (χ4v) is 2.25. The van der Waals surface area contributed by atoms with Crippen molar-refractivity contribution in [2.45, 2.75) is 45.7 Å². The summed E-state index contributed by atoms with van der Waals surface area (Å²) in [6, 6.07) is 7.53. The normalized spacial score (nSPS) is 11.4. The molecule has 0 fully saturated rings. The summed E-state index contributed by atoms with van der Waals surface area (Å²) in [5, 5.41) is 20.2. The van der Waals surface area contributed by atoms with E-state index in [9.17, 15) is 14.9 Å². The maximum absolute atomic E-state index is 12.1. The van der Waals surface area contributed by atoms with E-state index in [1.807, 2.05) is 33.8 Å². The number of nitro groups is 1. The first-order valence-electron chi connectivity index (χ1n) is 7.95. The molecular weight excluding hydrogens is 324 g/mol. The van der Waals surface area contributed by atoms with E-state index in [1.165, 1.54) is 12.1 Å². The van der Waals surface area contributed by atoms with Gasteiger partial charge in [0.2, 0.25) is 0 Å². The highest BCUT2D eigenvalue weighted by molar-refractivity contribution is 5.74. The monoisotopic (exact) mass is 346 g/mol. The smallest absolute Gasteiger partial charge is 0.315 e. The van der Waals surface area contributed by atoms with E-state index in [2.05, 4.69) is 15.8 Å². The average molecular weight is 346 g/mol. The summed E-state index contributed by atoms with van der Waals surface area (Å²) in [5.74, 6) is 0.833. The minimum Gasteiger partial charge on any atom is -0.359 e. The van der Waals surface area contributed by atoms with Crippen LogP contribution in [-0.2, 0) is 12.1 Å². The lowest BCUT2D eigenvalue weighted by Gasteiger charge is -2.26. The second-order valence-corrected chi connectivity index (χ2v) is 6.61. The Balaban J connectivity index is 1.94. The zero-order valence-corrected chi connectivity index (χ0v) is 14.7. The number of amides is 2. The average Bonchev–Trinajstić information content (AvgIpc) is 3.02. The van der Waals surface area contributed by atoms with Crippen molar-refractivity contribution < 1.29 is 14.2 Å². The highest BCUT2D eigenvalue weighted by Crippen LogP contribution is 2.22. The van der Waals surface area contributed by atoms with E-state index in [-0.39, 0.29) is 24.2 Å². The van der Waals surface area contributed by atoms with Crippen LogP contribution in [0.2, 0.25) is 0 Å². The lowest BCUT2D eigenvalue weighted by molar-refractivity contribution is -0.384. The van der Waals surface area contributed by atoms with Gasteiger partial charge < -0.3 is 15.2 Å². The molecule has 0 radical (unpaired) electrons. The summed E-state index contributed by atoms with van der Waals surface area (Å²) in [5.41, 5.74) is 0.915. The molecule has 1 heterocycles. The number of benzene rings is 1. The molecule has 0 aliphatic rings. The van der Waals surface area contributed by atoms with Crippen LogP contribution in [0.25, 0.3) is 0 Å². The second-order valence-electron chi connectivity index (χ2n) is 6.61. The van der Waals surface area contributed by atoms with Gasteiger partial charge in [-0.2, -0.15) is 0 Å². The number of non-ortho nitro benzene ring substituents is 1. The molecule has 2 rings (SSSR count). The summed E-state index contributed by atoms with van der Waals surface area (Å²) >= 11 is 0. The number of carbonyl (C=O) groups is 1. The first-order chi connectivity index (χ1) is 11.7. The fraction of sp³-hybridized carbons (Fsp3) is 0.412. The number of nitrogens with zero attached hydrogens (tertiary/aromatic N) is 2. The molecule has 1 aromatic carbocycles. The predicted molar refractivity (Wildman–Crippen MR) is 92.1 cm³/mol. The van der Waals surface area contributed by atoms with Gasteiger partial charge in [-0.05, 0) is 37.5 Å². The van der Waals surface area contributed by atoms with E-state index in [1.54, 1.807) is 12.1 Å². The molecule has 1 aromatic heterocycles. The van der Waals surface area contributed by atoms with Crippen molar-refractivity contribution in [2.24, 2.45) is 0 Å². The number of urea groups is 1. The van der Waals surface area contributed by atoms with Gasteiger partial charge in [-0.15, -0.1) is 0 Å². The Labute approximate surface area is 145 Å². The van der Waals surface area contributed by atoms with Crippen molar-refractivity contribution in [3.63, 3.8) is 0 Å². The quantitative estimate of drug-likeness (QED) is 0.615. The lowest BCUT2D eigenvalue weighted by Crippen LogP contribution is -2.46.